The summed E-state index contributed by atoms with van der Waals surface area (Å²) in [5.74, 6) is 0.560. The van der Waals surface area contributed by atoms with Crippen molar-refractivity contribution in [1.29, 1.82) is 0 Å². The molecule has 0 spiro atoms. The van der Waals surface area contributed by atoms with Crippen molar-refractivity contribution in [3.05, 3.63) is 0 Å². The summed E-state index contributed by atoms with van der Waals surface area (Å²) in [5, 5.41) is 0. The Hall–Kier alpha value is 0.660. The number of likely N-dealkylation sites (tertiary alicyclic amines) is 1. The van der Waals surface area contributed by atoms with Crippen molar-refractivity contribution in [3.8, 4) is 0 Å². The molecule has 3 heteroatoms. The Bertz CT molecular complexity index is 170. The van der Waals surface area contributed by atoms with E-state index in [1.165, 1.54) is 19.4 Å². The summed E-state index contributed by atoms with van der Waals surface area (Å²) >= 11 is 9.48. The van der Waals surface area contributed by atoms with Crippen LogP contribution in [0.5, 0.6) is 0 Å². The summed E-state index contributed by atoms with van der Waals surface area (Å²) in [7, 11) is 2.18. The molecule has 0 aliphatic carbocycles. The van der Waals surface area contributed by atoms with Crippen LogP contribution in [-0.4, -0.2) is 28.6 Å². The molecule has 1 aliphatic rings. The molecule has 0 saturated carbocycles. The van der Waals surface area contributed by atoms with Gasteiger partial charge in [0.2, 0.25) is 0 Å². The van der Waals surface area contributed by atoms with Crippen LogP contribution < -0.4 is 0 Å². The predicted molar refractivity (Wildman–Crippen MR) is 65.8 cm³/mol. The SMILES string of the molecule is CCC(C)C(S)(S)C1CCCN1C. The van der Waals surface area contributed by atoms with Gasteiger partial charge in [0.05, 0.1) is 4.08 Å². The van der Waals surface area contributed by atoms with E-state index in [1.54, 1.807) is 0 Å². The summed E-state index contributed by atoms with van der Waals surface area (Å²) in [5.41, 5.74) is 0. The lowest BCUT2D eigenvalue weighted by atomic mass is 9.96. The second kappa shape index (κ2) is 4.45. The fraction of sp³-hybridized carbons (Fsp3) is 1.00. The molecule has 1 nitrogen and oxygen atoms in total. The van der Waals surface area contributed by atoms with Gasteiger partial charge in [-0.05, 0) is 32.4 Å². The topological polar surface area (TPSA) is 3.24 Å². The Labute approximate surface area is 93.1 Å². The van der Waals surface area contributed by atoms with Gasteiger partial charge in [0.25, 0.3) is 0 Å². The van der Waals surface area contributed by atoms with Gasteiger partial charge in [0.1, 0.15) is 0 Å². The van der Waals surface area contributed by atoms with Gasteiger partial charge >= 0.3 is 0 Å². The van der Waals surface area contributed by atoms with E-state index in [1.807, 2.05) is 0 Å². The third-order valence-electron chi connectivity index (χ3n) is 3.35. The summed E-state index contributed by atoms with van der Waals surface area (Å²) in [6.45, 7) is 5.65. The van der Waals surface area contributed by atoms with E-state index in [0.717, 1.165) is 6.42 Å². The third kappa shape index (κ3) is 2.37. The first kappa shape index (κ1) is 11.7. The van der Waals surface area contributed by atoms with Crippen LogP contribution in [0.2, 0.25) is 0 Å². The summed E-state index contributed by atoms with van der Waals surface area (Å²) in [4.78, 5) is 2.40. The fourth-order valence-electron chi connectivity index (χ4n) is 2.08. The van der Waals surface area contributed by atoms with Gasteiger partial charge < -0.3 is 4.90 Å². The van der Waals surface area contributed by atoms with E-state index in [0.29, 0.717) is 12.0 Å². The van der Waals surface area contributed by atoms with E-state index in [-0.39, 0.29) is 4.08 Å². The quantitative estimate of drug-likeness (QED) is 0.545. The van der Waals surface area contributed by atoms with Crippen LogP contribution in [0.15, 0.2) is 0 Å². The zero-order valence-corrected chi connectivity index (χ0v) is 10.6. The van der Waals surface area contributed by atoms with E-state index in [9.17, 15) is 0 Å². The lowest BCUT2D eigenvalue weighted by Crippen LogP contribution is -2.44. The molecule has 13 heavy (non-hydrogen) atoms. The average Bonchev–Trinajstić information content (AvgIpc) is 2.50. The molecule has 78 valence electrons. The molecule has 1 fully saturated rings. The summed E-state index contributed by atoms with van der Waals surface area (Å²) < 4.78 is -0.125. The third-order valence-corrected chi connectivity index (χ3v) is 4.83. The molecule has 0 aromatic rings. The molecule has 1 saturated heterocycles. The van der Waals surface area contributed by atoms with Gasteiger partial charge in [-0.15, -0.1) is 0 Å². The minimum atomic E-state index is -0.125. The summed E-state index contributed by atoms with van der Waals surface area (Å²) in [6, 6.07) is 0.536. The Balaban J connectivity index is 2.67. The van der Waals surface area contributed by atoms with Crippen molar-refractivity contribution in [3.63, 3.8) is 0 Å². The normalized spacial score (nSPS) is 27.9. The molecule has 0 aromatic heterocycles. The first-order valence-electron chi connectivity index (χ1n) is 5.15. The first-order valence-corrected chi connectivity index (χ1v) is 6.04. The van der Waals surface area contributed by atoms with Crippen molar-refractivity contribution in [2.24, 2.45) is 5.92 Å². The molecule has 1 rings (SSSR count). The van der Waals surface area contributed by atoms with Gasteiger partial charge in [-0.2, -0.15) is 25.3 Å². The van der Waals surface area contributed by atoms with Crippen LogP contribution in [0, 0.1) is 5.92 Å². The molecular formula is C10H21NS2. The number of hydrogen-bond donors (Lipinski definition) is 2. The number of nitrogens with zero attached hydrogens (tertiary/aromatic N) is 1. The highest BCUT2D eigenvalue weighted by Gasteiger charge is 2.40. The van der Waals surface area contributed by atoms with E-state index in [4.69, 9.17) is 25.3 Å². The van der Waals surface area contributed by atoms with Crippen molar-refractivity contribution in [2.45, 2.75) is 43.2 Å². The molecule has 0 N–H and O–H groups in total. The molecule has 0 radical (unpaired) electrons. The van der Waals surface area contributed by atoms with Crippen LogP contribution in [0.1, 0.15) is 33.1 Å². The maximum absolute atomic E-state index is 4.74. The number of thiol groups is 2. The van der Waals surface area contributed by atoms with Crippen LogP contribution in [0.4, 0.5) is 0 Å². The Morgan fingerprint density at radius 2 is 2.15 bits per heavy atom. The maximum atomic E-state index is 4.74. The van der Waals surface area contributed by atoms with Gasteiger partial charge in [0, 0.05) is 6.04 Å². The average molecular weight is 219 g/mol. The van der Waals surface area contributed by atoms with Crippen molar-refractivity contribution in [2.75, 3.05) is 13.6 Å². The molecule has 2 unspecified atom stereocenters. The molecule has 2 atom stereocenters. The van der Waals surface area contributed by atoms with Gasteiger partial charge in [-0.25, -0.2) is 0 Å². The monoisotopic (exact) mass is 219 g/mol. The highest BCUT2D eigenvalue weighted by Crippen LogP contribution is 2.40. The lowest BCUT2D eigenvalue weighted by molar-refractivity contribution is 0.259. The molecule has 1 heterocycles. The van der Waals surface area contributed by atoms with Gasteiger partial charge in [-0.1, -0.05) is 20.3 Å². The molecule has 0 amide bonds. The number of rotatable bonds is 3. The summed E-state index contributed by atoms with van der Waals surface area (Å²) in [6.07, 6.45) is 3.69. The second-order valence-electron chi connectivity index (χ2n) is 4.23. The molecule has 0 aromatic carbocycles. The molecule has 0 bridgehead atoms. The minimum Gasteiger partial charge on any atom is -0.301 e. The standard InChI is InChI=1S/C10H21NS2/c1-4-8(2)10(12,13)9-6-5-7-11(9)3/h8-9,12-13H,4-7H2,1-3H3. The largest absolute Gasteiger partial charge is 0.301 e. The molecule has 1 aliphatic heterocycles. The van der Waals surface area contributed by atoms with Crippen LogP contribution in [-0.2, 0) is 0 Å². The zero-order chi connectivity index (χ0) is 10.1. The molecular weight excluding hydrogens is 198 g/mol. The predicted octanol–water partition coefficient (Wildman–Crippen LogP) is 2.68. The smallest absolute Gasteiger partial charge is 0.0731 e. The van der Waals surface area contributed by atoms with E-state index >= 15 is 0 Å². The Morgan fingerprint density at radius 3 is 2.54 bits per heavy atom. The Morgan fingerprint density at radius 1 is 1.54 bits per heavy atom. The highest BCUT2D eigenvalue weighted by atomic mass is 32.2. The fourth-order valence-corrected chi connectivity index (χ4v) is 3.09. The lowest BCUT2D eigenvalue weighted by Gasteiger charge is -2.38. The van der Waals surface area contributed by atoms with E-state index < -0.39 is 0 Å². The zero-order valence-electron chi connectivity index (χ0n) is 8.82. The first-order chi connectivity index (χ1) is 6.00. The second-order valence-corrected chi connectivity index (χ2v) is 6.06. The van der Waals surface area contributed by atoms with Crippen molar-refractivity contribution >= 4 is 25.3 Å². The maximum Gasteiger partial charge on any atom is 0.0731 e. The Kier molecular flexibility index (Phi) is 4.02. The van der Waals surface area contributed by atoms with E-state index in [2.05, 4.69) is 25.8 Å². The highest BCUT2D eigenvalue weighted by molar-refractivity contribution is 8.00. The van der Waals surface area contributed by atoms with Crippen molar-refractivity contribution in [1.82, 2.24) is 4.90 Å². The van der Waals surface area contributed by atoms with Crippen LogP contribution >= 0.6 is 25.3 Å². The number of hydrogen-bond acceptors (Lipinski definition) is 3. The minimum absolute atomic E-state index is 0.125. The van der Waals surface area contributed by atoms with Gasteiger partial charge in [0.15, 0.2) is 0 Å². The van der Waals surface area contributed by atoms with Crippen LogP contribution in [0.3, 0.4) is 0 Å². The van der Waals surface area contributed by atoms with Crippen LogP contribution in [0.25, 0.3) is 0 Å². The van der Waals surface area contributed by atoms with Gasteiger partial charge in [-0.3, -0.25) is 0 Å². The van der Waals surface area contributed by atoms with Crippen molar-refractivity contribution < 1.29 is 0 Å².